The van der Waals surface area contributed by atoms with Crippen LogP contribution in [0.15, 0.2) is 11.4 Å². The predicted octanol–water partition coefficient (Wildman–Crippen LogP) is 2.06. The molecule has 0 amide bonds. The minimum Gasteiger partial charge on any atom is -0.329 e. The zero-order valence-electron chi connectivity index (χ0n) is 8.62. The molecule has 0 spiro atoms. The first kappa shape index (κ1) is 10.1. The van der Waals surface area contributed by atoms with Crippen molar-refractivity contribution in [3.63, 3.8) is 0 Å². The normalized spacial score (nSPS) is 23.1. The van der Waals surface area contributed by atoms with Gasteiger partial charge in [0.1, 0.15) is 0 Å². The molecule has 3 heteroatoms. The molecule has 14 heavy (non-hydrogen) atoms. The molecule has 1 heterocycles. The molecule has 3 N–H and O–H groups in total. The number of rotatable bonds is 3. The number of thiophene rings is 1. The van der Waals surface area contributed by atoms with Crippen LogP contribution in [-0.4, -0.2) is 12.6 Å². The fourth-order valence-corrected chi connectivity index (χ4v) is 3.06. The van der Waals surface area contributed by atoms with Crippen LogP contribution in [0.3, 0.4) is 0 Å². The molecule has 1 aliphatic carbocycles. The van der Waals surface area contributed by atoms with Crippen LogP contribution in [-0.2, 0) is 6.42 Å². The quantitative estimate of drug-likeness (QED) is 0.801. The highest BCUT2D eigenvalue weighted by molar-refractivity contribution is 7.10. The van der Waals surface area contributed by atoms with Gasteiger partial charge < -0.3 is 11.1 Å². The Morgan fingerprint density at radius 1 is 1.71 bits per heavy atom. The van der Waals surface area contributed by atoms with Crippen molar-refractivity contribution in [2.45, 2.75) is 38.3 Å². The van der Waals surface area contributed by atoms with Crippen molar-refractivity contribution < 1.29 is 0 Å². The lowest BCUT2D eigenvalue weighted by atomic mass is 9.93. The fraction of sp³-hybridized carbons (Fsp3) is 0.636. The Morgan fingerprint density at radius 3 is 3.36 bits per heavy atom. The van der Waals surface area contributed by atoms with E-state index in [0.29, 0.717) is 12.1 Å². The average molecular weight is 210 g/mol. The molecule has 0 saturated carbocycles. The number of fused-ring (bicyclic) bond motifs is 1. The van der Waals surface area contributed by atoms with E-state index >= 15 is 0 Å². The Labute approximate surface area is 89.5 Å². The molecule has 0 saturated heterocycles. The highest BCUT2D eigenvalue weighted by Crippen LogP contribution is 2.33. The minimum atomic E-state index is 0.422. The summed E-state index contributed by atoms with van der Waals surface area (Å²) >= 11 is 1.89. The van der Waals surface area contributed by atoms with Gasteiger partial charge in [-0.25, -0.2) is 0 Å². The van der Waals surface area contributed by atoms with Crippen molar-refractivity contribution in [2.75, 3.05) is 6.54 Å². The third-order valence-electron chi connectivity index (χ3n) is 2.89. The van der Waals surface area contributed by atoms with Crippen molar-refractivity contribution in [1.29, 1.82) is 0 Å². The average Bonchev–Trinajstić information content (AvgIpc) is 2.66. The SMILES string of the molecule is CC(CN)NC1CCCc2sccc21. The molecular formula is C11H18N2S. The van der Waals surface area contributed by atoms with Gasteiger partial charge in [0.25, 0.3) is 0 Å². The highest BCUT2D eigenvalue weighted by Gasteiger charge is 2.21. The summed E-state index contributed by atoms with van der Waals surface area (Å²) in [6.45, 7) is 2.87. The van der Waals surface area contributed by atoms with E-state index in [0.717, 1.165) is 6.54 Å². The van der Waals surface area contributed by atoms with Gasteiger partial charge in [-0.1, -0.05) is 0 Å². The summed E-state index contributed by atoms with van der Waals surface area (Å²) in [6, 6.07) is 3.23. The van der Waals surface area contributed by atoms with Crippen LogP contribution >= 0.6 is 11.3 Å². The molecule has 2 rings (SSSR count). The smallest absolute Gasteiger partial charge is 0.0334 e. The van der Waals surface area contributed by atoms with Crippen LogP contribution in [0, 0.1) is 0 Å². The van der Waals surface area contributed by atoms with E-state index in [4.69, 9.17) is 5.73 Å². The second-order valence-corrected chi connectivity index (χ2v) is 5.05. The third-order valence-corrected chi connectivity index (χ3v) is 3.89. The summed E-state index contributed by atoms with van der Waals surface area (Å²) in [6.07, 6.45) is 3.83. The number of nitrogens with one attached hydrogen (secondary N) is 1. The maximum Gasteiger partial charge on any atom is 0.0334 e. The molecule has 1 aromatic heterocycles. The molecule has 0 bridgehead atoms. The van der Waals surface area contributed by atoms with Gasteiger partial charge >= 0.3 is 0 Å². The van der Waals surface area contributed by atoms with Crippen molar-refractivity contribution in [2.24, 2.45) is 5.73 Å². The molecule has 0 aromatic carbocycles. The van der Waals surface area contributed by atoms with Gasteiger partial charge in [0, 0.05) is 23.5 Å². The Balaban J connectivity index is 2.08. The fourth-order valence-electron chi connectivity index (χ4n) is 2.07. The van der Waals surface area contributed by atoms with Gasteiger partial charge in [-0.2, -0.15) is 0 Å². The van der Waals surface area contributed by atoms with Crippen LogP contribution in [0.5, 0.6) is 0 Å². The Morgan fingerprint density at radius 2 is 2.57 bits per heavy atom. The van der Waals surface area contributed by atoms with E-state index in [1.54, 1.807) is 4.88 Å². The summed E-state index contributed by atoms with van der Waals surface area (Å²) in [4.78, 5) is 1.57. The van der Waals surface area contributed by atoms with Gasteiger partial charge in [0.05, 0.1) is 0 Å². The zero-order valence-corrected chi connectivity index (χ0v) is 9.44. The molecule has 2 atom stereocenters. The molecule has 0 aliphatic heterocycles. The first-order valence-corrected chi connectivity index (χ1v) is 6.21. The number of aryl methyl sites for hydroxylation is 1. The summed E-state index contributed by atoms with van der Waals surface area (Å²) < 4.78 is 0. The second-order valence-electron chi connectivity index (χ2n) is 4.05. The number of nitrogens with two attached hydrogens (primary N) is 1. The van der Waals surface area contributed by atoms with Crippen LogP contribution in [0.2, 0.25) is 0 Å². The lowest BCUT2D eigenvalue weighted by Crippen LogP contribution is -2.37. The third kappa shape index (κ3) is 2.00. The van der Waals surface area contributed by atoms with Crippen molar-refractivity contribution in [3.05, 3.63) is 21.9 Å². The standard InChI is InChI=1S/C11H18N2S/c1-8(7-12)13-10-3-2-4-11-9(10)5-6-14-11/h5-6,8,10,13H,2-4,7,12H2,1H3. The summed E-state index contributed by atoms with van der Waals surface area (Å²) in [7, 11) is 0. The van der Waals surface area contributed by atoms with Gasteiger partial charge in [0.15, 0.2) is 0 Å². The predicted molar refractivity (Wildman–Crippen MR) is 61.7 cm³/mol. The molecule has 1 aromatic rings. The molecule has 78 valence electrons. The molecular weight excluding hydrogens is 192 g/mol. The lowest BCUT2D eigenvalue weighted by molar-refractivity contribution is 0.415. The van der Waals surface area contributed by atoms with E-state index in [-0.39, 0.29) is 0 Å². The maximum absolute atomic E-state index is 5.62. The summed E-state index contributed by atoms with van der Waals surface area (Å²) in [5.41, 5.74) is 7.14. The van der Waals surface area contributed by atoms with E-state index in [2.05, 4.69) is 23.7 Å². The monoisotopic (exact) mass is 210 g/mol. The molecule has 0 radical (unpaired) electrons. The van der Waals surface area contributed by atoms with E-state index in [1.807, 2.05) is 11.3 Å². The van der Waals surface area contributed by atoms with Gasteiger partial charge in [-0.15, -0.1) is 11.3 Å². The summed E-state index contributed by atoms with van der Waals surface area (Å²) in [5, 5.41) is 5.80. The Kier molecular flexibility index (Phi) is 3.21. The minimum absolute atomic E-state index is 0.422. The van der Waals surface area contributed by atoms with E-state index in [9.17, 15) is 0 Å². The Hall–Kier alpha value is -0.380. The molecule has 2 unspecified atom stereocenters. The summed E-state index contributed by atoms with van der Waals surface area (Å²) in [5.74, 6) is 0. The Bertz CT molecular complexity index is 295. The zero-order chi connectivity index (χ0) is 9.97. The second kappa shape index (κ2) is 4.43. The highest BCUT2D eigenvalue weighted by atomic mass is 32.1. The van der Waals surface area contributed by atoms with Gasteiger partial charge in [-0.05, 0) is 43.2 Å². The first-order valence-electron chi connectivity index (χ1n) is 5.33. The van der Waals surface area contributed by atoms with Crippen LogP contribution < -0.4 is 11.1 Å². The molecule has 0 fully saturated rings. The van der Waals surface area contributed by atoms with Crippen molar-refractivity contribution >= 4 is 11.3 Å². The lowest BCUT2D eigenvalue weighted by Gasteiger charge is -2.26. The van der Waals surface area contributed by atoms with Gasteiger partial charge in [-0.3, -0.25) is 0 Å². The van der Waals surface area contributed by atoms with Crippen molar-refractivity contribution in [3.8, 4) is 0 Å². The van der Waals surface area contributed by atoms with Gasteiger partial charge in [0.2, 0.25) is 0 Å². The molecule has 2 nitrogen and oxygen atoms in total. The topological polar surface area (TPSA) is 38.0 Å². The molecule has 1 aliphatic rings. The van der Waals surface area contributed by atoms with E-state index < -0.39 is 0 Å². The largest absolute Gasteiger partial charge is 0.329 e. The van der Waals surface area contributed by atoms with Crippen LogP contribution in [0.4, 0.5) is 0 Å². The maximum atomic E-state index is 5.62. The number of hydrogen-bond acceptors (Lipinski definition) is 3. The van der Waals surface area contributed by atoms with E-state index in [1.165, 1.54) is 24.8 Å². The van der Waals surface area contributed by atoms with Crippen LogP contribution in [0.25, 0.3) is 0 Å². The first-order chi connectivity index (χ1) is 6.81. The number of hydrogen-bond donors (Lipinski definition) is 2. The van der Waals surface area contributed by atoms with Crippen LogP contribution in [0.1, 0.15) is 36.2 Å². The van der Waals surface area contributed by atoms with Crippen molar-refractivity contribution in [1.82, 2.24) is 5.32 Å².